The summed E-state index contributed by atoms with van der Waals surface area (Å²) in [4.78, 5) is 42.1. The van der Waals surface area contributed by atoms with Crippen LogP contribution in [0.2, 0.25) is 0 Å². The molecular weight excluding hydrogens is 430 g/mol. The summed E-state index contributed by atoms with van der Waals surface area (Å²) >= 11 is 0. The van der Waals surface area contributed by atoms with Crippen LogP contribution < -0.4 is 5.56 Å². The fourth-order valence-corrected chi connectivity index (χ4v) is 4.13. The molecule has 0 aliphatic heterocycles. The molecule has 0 aliphatic rings. The van der Waals surface area contributed by atoms with Gasteiger partial charge in [0.1, 0.15) is 5.82 Å². The third kappa shape index (κ3) is 4.55. The van der Waals surface area contributed by atoms with Crippen LogP contribution in [-0.4, -0.2) is 32.5 Å². The van der Waals surface area contributed by atoms with E-state index in [1.165, 1.54) is 4.57 Å². The van der Waals surface area contributed by atoms with Gasteiger partial charge >= 0.3 is 5.97 Å². The second-order valence-electron chi connectivity index (χ2n) is 8.45. The fraction of sp³-hybridized carbons (Fsp3) is 0.259. The minimum atomic E-state index is -0.511. The largest absolute Gasteiger partial charge is 0.457 e. The fourth-order valence-electron chi connectivity index (χ4n) is 4.13. The summed E-state index contributed by atoms with van der Waals surface area (Å²) in [6.07, 6.45) is 0.264. The molecule has 4 rings (SSSR count). The van der Waals surface area contributed by atoms with Gasteiger partial charge in [-0.2, -0.15) is 0 Å². The molecule has 0 unspecified atom stereocenters. The molecule has 0 spiro atoms. The van der Waals surface area contributed by atoms with E-state index in [-0.39, 0.29) is 30.8 Å². The van der Waals surface area contributed by atoms with Crippen molar-refractivity contribution in [3.8, 4) is 5.69 Å². The third-order valence-electron chi connectivity index (χ3n) is 6.02. The molecule has 0 saturated carbocycles. The first-order valence-corrected chi connectivity index (χ1v) is 11.2. The lowest BCUT2D eigenvalue weighted by molar-refractivity contribution is -0.142. The normalized spacial score (nSPS) is 11.1. The molecule has 4 aromatic rings. The van der Waals surface area contributed by atoms with Crippen LogP contribution >= 0.6 is 0 Å². The minimum Gasteiger partial charge on any atom is -0.457 e. The number of nitrogens with zero attached hydrogens (tertiary/aromatic N) is 3. The van der Waals surface area contributed by atoms with E-state index in [2.05, 4.69) is 4.98 Å². The number of hydrogen-bond acceptors (Lipinski definition) is 5. The first-order chi connectivity index (χ1) is 16.3. The summed E-state index contributed by atoms with van der Waals surface area (Å²) in [5.74, 6) is -0.271. The second-order valence-corrected chi connectivity index (χ2v) is 8.45. The van der Waals surface area contributed by atoms with E-state index in [1.807, 2.05) is 61.7 Å². The Balaban J connectivity index is 1.40. The predicted molar refractivity (Wildman–Crippen MR) is 131 cm³/mol. The van der Waals surface area contributed by atoms with Gasteiger partial charge in [-0.05, 0) is 51.1 Å². The van der Waals surface area contributed by atoms with E-state index in [0.717, 1.165) is 22.6 Å². The molecule has 2 aromatic heterocycles. The Morgan fingerprint density at radius 2 is 1.71 bits per heavy atom. The Labute approximate surface area is 197 Å². The van der Waals surface area contributed by atoms with Crippen molar-refractivity contribution in [1.82, 2.24) is 14.1 Å². The van der Waals surface area contributed by atoms with Gasteiger partial charge in [-0.3, -0.25) is 19.0 Å². The van der Waals surface area contributed by atoms with Crippen LogP contribution in [0, 0.1) is 20.8 Å². The molecule has 0 fully saturated rings. The molecule has 0 aliphatic carbocycles. The van der Waals surface area contributed by atoms with Gasteiger partial charge in [0, 0.05) is 36.1 Å². The van der Waals surface area contributed by atoms with Crippen LogP contribution in [0.15, 0.2) is 59.4 Å². The monoisotopic (exact) mass is 457 g/mol. The summed E-state index contributed by atoms with van der Waals surface area (Å²) in [6.45, 7) is 5.52. The number of para-hydroxylation sites is 1. The summed E-state index contributed by atoms with van der Waals surface area (Å²) in [5, 5.41) is 0.533. The minimum absolute atomic E-state index is 0.0221. The number of aryl methyl sites for hydroxylation is 3. The number of fused-ring (bicyclic) bond motifs is 1. The molecule has 34 heavy (non-hydrogen) atoms. The van der Waals surface area contributed by atoms with Crippen molar-refractivity contribution in [2.24, 2.45) is 7.05 Å². The third-order valence-corrected chi connectivity index (χ3v) is 6.02. The number of carbonyl (C=O) groups excluding carboxylic acids is 2. The lowest BCUT2D eigenvalue weighted by atomic mass is 10.1. The second kappa shape index (κ2) is 9.47. The van der Waals surface area contributed by atoms with Crippen LogP contribution in [0.25, 0.3) is 16.6 Å². The first-order valence-electron chi connectivity index (χ1n) is 11.2. The van der Waals surface area contributed by atoms with Gasteiger partial charge in [-0.25, -0.2) is 4.98 Å². The predicted octanol–water partition coefficient (Wildman–Crippen LogP) is 4.01. The zero-order chi connectivity index (χ0) is 24.4. The lowest BCUT2D eigenvalue weighted by Gasteiger charge is -2.10. The highest BCUT2D eigenvalue weighted by molar-refractivity contribution is 5.99. The molecule has 0 atom stereocenters. The standard InChI is InChI=1S/C27H27N3O4/c1-17-9-11-20(12-10-17)30-18(2)15-22(19(30)3)24(31)16-34-26(32)14-13-25-28-23-8-6-5-7-21(23)27(33)29(25)4/h5-12,15H,13-14,16H2,1-4H3. The van der Waals surface area contributed by atoms with Gasteiger partial charge in [0.15, 0.2) is 6.61 Å². The number of ether oxygens (including phenoxy) is 1. The average molecular weight is 458 g/mol. The maximum absolute atomic E-state index is 12.8. The summed E-state index contributed by atoms with van der Waals surface area (Å²) < 4.78 is 8.71. The maximum Gasteiger partial charge on any atom is 0.306 e. The van der Waals surface area contributed by atoms with Gasteiger partial charge in [0.05, 0.1) is 17.3 Å². The van der Waals surface area contributed by atoms with E-state index in [9.17, 15) is 14.4 Å². The van der Waals surface area contributed by atoms with Gasteiger partial charge in [0.25, 0.3) is 5.56 Å². The zero-order valence-corrected chi connectivity index (χ0v) is 19.8. The number of hydrogen-bond donors (Lipinski definition) is 0. The highest BCUT2D eigenvalue weighted by Crippen LogP contribution is 2.22. The van der Waals surface area contributed by atoms with Crippen molar-refractivity contribution in [2.75, 3.05) is 6.61 Å². The Morgan fingerprint density at radius 3 is 2.44 bits per heavy atom. The van der Waals surface area contributed by atoms with Crippen molar-refractivity contribution in [3.05, 3.63) is 93.3 Å². The van der Waals surface area contributed by atoms with Crippen LogP contribution in [0.4, 0.5) is 0 Å². The van der Waals surface area contributed by atoms with Crippen LogP contribution in [-0.2, 0) is 23.0 Å². The number of esters is 1. The number of aromatic nitrogens is 3. The number of benzene rings is 2. The van der Waals surface area contributed by atoms with Crippen molar-refractivity contribution in [2.45, 2.75) is 33.6 Å². The Bertz CT molecular complexity index is 1450. The van der Waals surface area contributed by atoms with Crippen molar-refractivity contribution >= 4 is 22.7 Å². The summed E-state index contributed by atoms with van der Waals surface area (Å²) in [7, 11) is 1.63. The molecule has 0 bridgehead atoms. The molecule has 0 saturated heterocycles. The van der Waals surface area contributed by atoms with E-state index >= 15 is 0 Å². The molecule has 174 valence electrons. The molecule has 0 amide bonds. The smallest absolute Gasteiger partial charge is 0.306 e. The highest BCUT2D eigenvalue weighted by atomic mass is 16.5. The zero-order valence-electron chi connectivity index (χ0n) is 19.8. The average Bonchev–Trinajstić information content (AvgIpc) is 3.13. The number of rotatable bonds is 7. The first kappa shape index (κ1) is 23.2. The van der Waals surface area contributed by atoms with Crippen molar-refractivity contribution < 1.29 is 14.3 Å². The van der Waals surface area contributed by atoms with Crippen molar-refractivity contribution in [1.29, 1.82) is 0 Å². The quantitative estimate of drug-likeness (QED) is 0.309. The van der Waals surface area contributed by atoms with Gasteiger partial charge < -0.3 is 9.30 Å². The highest BCUT2D eigenvalue weighted by Gasteiger charge is 2.18. The van der Waals surface area contributed by atoms with Gasteiger partial charge in [0.2, 0.25) is 5.78 Å². The van der Waals surface area contributed by atoms with Crippen molar-refractivity contribution in [3.63, 3.8) is 0 Å². The van der Waals surface area contributed by atoms with E-state index in [0.29, 0.717) is 22.3 Å². The Morgan fingerprint density at radius 1 is 1.00 bits per heavy atom. The van der Waals surface area contributed by atoms with Crippen LogP contribution in [0.3, 0.4) is 0 Å². The van der Waals surface area contributed by atoms with E-state index in [1.54, 1.807) is 25.2 Å². The van der Waals surface area contributed by atoms with Gasteiger partial charge in [-0.15, -0.1) is 0 Å². The van der Waals surface area contributed by atoms with Crippen LogP contribution in [0.5, 0.6) is 0 Å². The molecule has 2 aromatic carbocycles. The maximum atomic E-state index is 12.8. The number of ketones is 1. The van der Waals surface area contributed by atoms with Crippen LogP contribution in [0.1, 0.15) is 39.6 Å². The molecule has 7 nitrogen and oxygen atoms in total. The Kier molecular flexibility index (Phi) is 6.45. The van der Waals surface area contributed by atoms with E-state index < -0.39 is 5.97 Å². The molecule has 7 heteroatoms. The summed E-state index contributed by atoms with van der Waals surface area (Å²) in [6, 6.07) is 17.0. The topological polar surface area (TPSA) is 83.2 Å². The SMILES string of the molecule is Cc1ccc(-n2c(C)cc(C(=O)COC(=O)CCc3nc4ccccc4c(=O)n3C)c2C)cc1. The summed E-state index contributed by atoms with van der Waals surface area (Å²) in [5.41, 5.74) is 4.83. The Hall–Kier alpha value is -4.00. The van der Waals surface area contributed by atoms with E-state index in [4.69, 9.17) is 4.74 Å². The number of carbonyl (C=O) groups is 2. The molecule has 0 N–H and O–H groups in total. The van der Waals surface area contributed by atoms with Gasteiger partial charge in [-0.1, -0.05) is 29.8 Å². The molecule has 0 radical (unpaired) electrons. The number of Topliss-reactive ketones (excluding diaryl/α,β-unsaturated/α-hetero) is 1. The molecular formula is C27H27N3O4. The lowest BCUT2D eigenvalue weighted by Crippen LogP contribution is -2.23. The molecule has 2 heterocycles.